The van der Waals surface area contributed by atoms with Crippen molar-refractivity contribution < 1.29 is 14.3 Å². The van der Waals surface area contributed by atoms with Gasteiger partial charge in [-0.1, -0.05) is 28.6 Å². The standard InChI is InChI=1S/C23H23N9O3S2/c33-18(11-16-5-1-3-8-24-16)26-20-28-30-22(36-20)32-10-7-15(13-32)14-35-23-31-29-21(37-23)27-19(34)12-17-6-2-4-9-25-17/h1-6,8-9,15H,7,10-14H2,(H,26,28,33)(H,27,29,34)/t15-/m1/s1. The SMILES string of the molecule is O=C(Cc1ccccn1)Nc1nnc(OC[C@@H]2CCN(c3nnc(NC(=O)Cc4ccccn4)s3)C2)s1. The second-order valence-electron chi connectivity index (χ2n) is 8.27. The lowest BCUT2D eigenvalue weighted by atomic mass is 10.1. The monoisotopic (exact) mass is 537 g/mol. The van der Waals surface area contributed by atoms with Crippen LogP contribution in [0.1, 0.15) is 17.8 Å². The summed E-state index contributed by atoms with van der Waals surface area (Å²) in [4.78, 5) is 34.9. The van der Waals surface area contributed by atoms with Crippen LogP contribution in [0.15, 0.2) is 48.8 Å². The van der Waals surface area contributed by atoms with Crippen molar-refractivity contribution in [3.8, 4) is 5.19 Å². The summed E-state index contributed by atoms with van der Waals surface area (Å²) in [7, 11) is 0. The molecule has 1 aliphatic heterocycles. The van der Waals surface area contributed by atoms with E-state index >= 15 is 0 Å². The van der Waals surface area contributed by atoms with E-state index in [1.807, 2.05) is 18.2 Å². The van der Waals surface area contributed by atoms with Crippen LogP contribution in [-0.2, 0) is 22.4 Å². The Bertz CT molecular complexity index is 1330. The number of anilines is 3. The first-order valence-electron chi connectivity index (χ1n) is 11.5. The Morgan fingerprint density at radius 1 is 0.892 bits per heavy atom. The number of hydrogen-bond acceptors (Lipinski definition) is 12. The van der Waals surface area contributed by atoms with E-state index in [4.69, 9.17) is 4.74 Å². The Kier molecular flexibility index (Phi) is 7.86. The van der Waals surface area contributed by atoms with Crippen molar-refractivity contribution in [2.24, 2.45) is 5.92 Å². The first-order chi connectivity index (χ1) is 18.1. The van der Waals surface area contributed by atoms with Gasteiger partial charge in [0.2, 0.25) is 27.2 Å². The molecule has 2 N–H and O–H groups in total. The fourth-order valence-corrected chi connectivity index (χ4v) is 5.12. The number of carbonyl (C=O) groups excluding carboxylic acids is 2. The highest BCUT2D eigenvalue weighted by Crippen LogP contribution is 2.30. The van der Waals surface area contributed by atoms with Gasteiger partial charge in [0.25, 0.3) is 5.19 Å². The molecule has 1 saturated heterocycles. The van der Waals surface area contributed by atoms with Crippen LogP contribution >= 0.6 is 22.7 Å². The molecule has 0 spiro atoms. The third-order valence-electron chi connectivity index (χ3n) is 5.45. The predicted molar refractivity (Wildman–Crippen MR) is 139 cm³/mol. The van der Waals surface area contributed by atoms with Gasteiger partial charge in [0.15, 0.2) is 0 Å². The minimum absolute atomic E-state index is 0.162. The second-order valence-corrected chi connectivity index (χ2v) is 10.2. The highest BCUT2D eigenvalue weighted by Gasteiger charge is 2.26. The molecule has 5 heterocycles. The Hall–Kier alpha value is -4.04. The smallest absolute Gasteiger partial charge is 0.295 e. The molecule has 14 heteroatoms. The van der Waals surface area contributed by atoms with Crippen LogP contribution in [0, 0.1) is 5.92 Å². The van der Waals surface area contributed by atoms with Crippen molar-refractivity contribution in [2.45, 2.75) is 19.3 Å². The molecule has 190 valence electrons. The second kappa shape index (κ2) is 11.8. The maximum absolute atomic E-state index is 12.2. The number of carbonyl (C=O) groups is 2. The van der Waals surface area contributed by atoms with Crippen LogP contribution in [-0.4, -0.2) is 61.9 Å². The van der Waals surface area contributed by atoms with Gasteiger partial charge in [0.05, 0.1) is 19.4 Å². The lowest BCUT2D eigenvalue weighted by Gasteiger charge is -2.13. The molecule has 0 saturated carbocycles. The molecule has 0 bridgehead atoms. The molecule has 0 unspecified atom stereocenters. The molecule has 1 aliphatic rings. The van der Waals surface area contributed by atoms with Gasteiger partial charge in [-0.3, -0.25) is 19.6 Å². The van der Waals surface area contributed by atoms with E-state index in [1.54, 1.807) is 30.6 Å². The molecule has 5 rings (SSSR count). The maximum Gasteiger partial charge on any atom is 0.295 e. The number of hydrogen-bond donors (Lipinski definition) is 2. The summed E-state index contributed by atoms with van der Waals surface area (Å²) in [5.74, 6) is -0.118. The molecule has 4 aromatic heterocycles. The summed E-state index contributed by atoms with van der Waals surface area (Å²) < 4.78 is 5.83. The van der Waals surface area contributed by atoms with Crippen molar-refractivity contribution in [2.75, 3.05) is 35.2 Å². The summed E-state index contributed by atoms with van der Waals surface area (Å²) >= 11 is 2.53. The molecule has 1 atom stereocenters. The molecule has 1 fully saturated rings. The summed E-state index contributed by atoms with van der Waals surface area (Å²) in [6.45, 7) is 2.04. The van der Waals surface area contributed by atoms with E-state index in [0.29, 0.717) is 33.5 Å². The average molecular weight is 538 g/mol. The van der Waals surface area contributed by atoms with Crippen LogP contribution in [0.3, 0.4) is 0 Å². The van der Waals surface area contributed by atoms with Crippen LogP contribution in [0.4, 0.5) is 15.4 Å². The van der Waals surface area contributed by atoms with Gasteiger partial charge in [-0.05, 0) is 42.0 Å². The number of nitrogens with one attached hydrogen (secondary N) is 2. The van der Waals surface area contributed by atoms with Crippen molar-refractivity contribution in [3.05, 3.63) is 60.2 Å². The fourth-order valence-electron chi connectivity index (χ4n) is 3.71. The topological polar surface area (TPSA) is 148 Å². The predicted octanol–water partition coefficient (Wildman–Crippen LogP) is 2.45. The Morgan fingerprint density at radius 2 is 1.54 bits per heavy atom. The quantitative estimate of drug-likeness (QED) is 0.309. The number of nitrogens with zero attached hydrogens (tertiary/aromatic N) is 7. The number of rotatable bonds is 10. The molecule has 0 aliphatic carbocycles. The van der Waals surface area contributed by atoms with E-state index in [9.17, 15) is 9.59 Å². The zero-order valence-electron chi connectivity index (χ0n) is 19.6. The molecule has 4 aromatic rings. The minimum atomic E-state index is -0.211. The molecule has 37 heavy (non-hydrogen) atoms. The van der Waals surface area contributed by atoms with E-state index in [1.165, 1.54) is 22.7 Å². The molecular formula is C23H23N9O3S2. The van der Waals surface area contributed by atoms with Crippen molar-refractivity contribution in [1.29, 1.82) is 0 Å². The van der Waals surface area contributed by atoms with Crippen molar-refractivity contribution in [3.63, 3.8) is 0 Å². The van der Waals surface area contributed by atoms with Gasteiger partial charge >= 0.3 is 0 Å². The third-order valence-corrected chi connectivity index (χ3v) is 7.10. The molecule has 2 amide bonds. The number of ether oxygens (including phenoxy) is 1. The van der Waals surface area contributed by atoms with E-state index < -0.39 is 0 Å². The highest BCUT2D eigenvalue weighted by molar-refractivity contribution is 7.19. The summed E-state index contributed by atoms with van der Waals surface area (Å²) in [6, 6.07) is 10.9. The number of pyridine rings is 2. The van der Waals surface area contributed by atoms with Gasteiger partial charge in [-0.25, -0.2) is 0 Å². The summed E-state index contributed by atoms with van der Waals surface area (Å²) in [6.07, 6.45) is 4.58. The van der Waals surface area contributed by atoms with Crippen molar-refractivity contribution in [1.82, 2.24) is 30.4 Å². The van der Waals surface area contributed by atoms with Crippen LogP contribution in [0.5, 0.6) is 5.19 Å². The zero-order valence-corrected chi connectivity index (χ0v) is 21.2. The third kappa shape index (κ3) is 7.01. The fraction of sp³-hybridized carbons (Fsp3) is 0.304. The summed E-state index contributed by atoms with van der Waals surface area (Å²) in [5.41, 5.74) is 1.38. The van der Waals surface area contributed by atoms with Crippen molar-refractivity contribution >= 4 is 49.9 Å². The lowest BCUT2D eigenvalue weighted by Crippen LogP contribution is -2.21. The zero-order chi connectivity index (χ0) is 25.5. The molecule has 0 aromatic carbocycles. The number of amides is 2. The Balaban J connectivity index is 1.05. The molecule has 0 radical (unpaired) electrons. The van der Waals surface area contributed by atoms with E-state index in [-0.39, 0.29) is 30.6 Å². The highest BCUT2D eigenvalue weighted by atomic mass is 32.1. The van der Waals surface area contributed by atoms with Gasteiger partial charge in [0, 0.05) is 42.8 Å². The van der Waals surface area contributed by atoms with Crippen LogP contribution in [0.25, 0.3) is 0 Å². The number of aromatic nitrogens is 6. The Labute approximate surface area is 220 Å². The van der Waals surface area contributed by atoms with Gasteiger partial charge in [0.1, 0.15) is 0 Å². The van der Waals surface area contributed by atoms with E-state index in [0.717, 1.165) is 24.6 Å². The molecular weight excluding hydrogens is 514 g/mol. The first kappa shape index (κ1) is 24.6. The Morgan fingerprint density at radius 3 is 2.19 bits per heavy atom. The first-order valence-corrected chi connectivity index (χ1v) is 13.2. The van der Waals surface area contributed by atoms with Crippen LogP contribution < -0.4 is 20.3 Å². The van der Waals surface area contributed by atoms with Crippen LogP contribution in [0.2, 0.25) is 0 Å². The summed E-state index contributed by atoms with van der Waals surface area (Å²) in [5, 5.41) is 23.8. The average Bonchev–Trinajstić information content (AvgIpc) is 3.65. The van der Waals surface area contributed by atoms with Gasteiger partial charge in [-0.15, -0.1) is 15.3 Å². The largest absolute Gasteiger partial charge is 0.469 e. The maximum atomic E-state index is 12.2. The van der Waals surface area contributed by atoms with Gasteiger partial charge in [-0.2, -0.15) is 0 Å². The van der Waals surface area contributed by atoms with Gasteiger partial charge < -0.3 is 20.3 Å². The molecule has 12 nitrogen and oxygen atoms in total. The minimum Gasteiger partial charge on any atom is -0.469 e. The normalized spacial score (nSPS) is 14.9. The van der Waals surface area contributed by atoms with E-state index in [2.05, 4.69) is 45.9 Å². The lowest BCUT2D eigenvalue weighted by molar-refractivity contribution is -0.116.